The molecule has 1 aliphatic rings. The second-order valence-corrected chi connectivity index (χ2v) is 8.04. The topological polar surface area (TPSA) is 84.4 Å². The lowest BCUT2D eigenvalue weighted by molar-refractivity contribution is 0.400. The molecule has 0 unspecified atom stereocenters. The molecule has 2 heterocycles. The van der Waals surface area contributed by atoms with Crippen molar-refractivity contribution in [3.8, 4) is 5.75 Å². The minimum atomic E-state index is -3.62. The van der Waals surface area contributed by atoms with Gasteiger partial charge in [-0.1, -0.05) is 6.07 Å². The van der Waals surface area contributed by atoms with Gasteiger partial charge < -0.3 is 9.64 Å². The maximum absolute atomic E-state index is 12.7. The minimum Gasteiger partial charge on any atom is -0.495 e. The normalized spacial score (nSPS) is 16.3. The van der Waals surface area contributed by atoms with E-state index < -0.39 is 10.0 Å². The van der Waals surface area contributed by atoms with E-state index in [1.54, 1.807) is 18.3 Å². The smallest absolute Gasteiger partial charge is 0.244 e. The molecule has 3 rings (SSSR count). The minimum absolute atomic E-state index is 0.0944. The van der Waals surface area contributed by atoms with Gasteiger partial charge in [-0.3, -0.25) is 0 Å². The lowest BCUT2D eigenvalue weighted by atomic mass is 10.1. The van der Waals surface area contributed by atoms with Crippen LogP contribution in [-0.4, -0.2) is 43.4 Å². The lowest BCUT2D eigenvalue weighted by Gasteiger charge is -2.32. The molecule has 0 radical (unpaired) electrons. The van der Waals surface area contributed by atoms with Crippen molar-refractivity contribution in [1.29, 1.82) is 0 Å². The van der Waals surface area contributed by atoms with Crippen molar-refractivity contribution in [3.63, 3.8) is 0 Å². The molecule has 1 fully saturated rings. The van der Waals surface area contributed by atoms with Crippen LogP contribution in [0.4, 0.5) is 5.82 Å². The molecule has 1 aliphatic heterocycles. The predicted octanol–water partition coefficient (Wildman–Crippen LogP) is 1.80. The predicted molar refractivity (Wildman–Crippen MR) is 93.2 cm³/mol. The van der Waals surface area contributed by atoms with E-state index in [9.17, 15) is 8.42 Å². The first-order valence-corrected chi connectivity index (χ1v) is 9.90. The van der Waals surface area contributed by atoms with Gasteiger partial charge in [-0.15, -0.1) is 0 Å². The number of nitrogens with one attached hydrogen (secondary N) is 1. The van der Waals surface area contributed by atoms with Gasteiger partial charge >= 0.3 is 0 Å². The zero-order chi connectivity index (χ0) is 17.2. The third-order valence-electron chi connectivity index (χ3n) is 4.10. The number of benzene rings is 1. The number of anilines is 1. The van der Waals surface area contributed by atoms with E-state index in [1.807, 2.05) is 13.0 Å². The van der Waals surface area contributed by atoms with Crippen LogP contribution >= 0.6 is 11.7 Å². The number of ether oxygens (including phenoxy) is 1. The van der Waals surface area contributed by atoms with Crippen molar-refractivity contribution in [3.05, 3.63) is 30.0 Å². The summed E-state index contributed by atoms with van der Waals surface area (Å²) in [5.74, 6) is 1.22. The van der Waals surface area contributed by atoms with Crippen LogP contribution in [0.5, 0.6) is 5.75 Å². The molecule has 1 N–H and O–H groups in total. The third-order valence-corrected chi connectivity index (χ3v) is 6.11. The molecule has 1 aromatic heterocycles. The summed E-state index contributed by atoms with van der Waals surface area (Å²) in [5.41, 5.74) is 0.877. The van der Waals surface area contributed by atoms with E-state index in [2.05, 4.69) is 18.4 Å². The van der Waals surface area contributed by atoms with Crippen LogP contribution in [0.15, 0.2) is 29.3 Å². The molecular formula is C15H20N4O3S2. The van der Waals surface area contributed by atoms with E-state index in [4.69, 9.17) is 4.74 Å². The van der Waals surface area contributed by atoms with Crippen molar-refractivity contribution in [2.24, 2.45) is 0 Å². The van der Waals surface area contributed by atoms with E-state index >= 15 is 0 Å². The molecule has 2 aromatic rings. The van der Waals surface area contributed by atoms with E-state index in [1.165, 1.54) is 18.8 Å². The molecule has 0 atom stereocenters. The Bertz CT molecular complexity index is 785. The van der Waals surface area contributed by atoms with Gasteiger partial charge in [0.2, 0.25) is 10.0 Å². The zero-order valence-electron chi connectivity index (χ0n) is 13.6. The summed E-state index contributed by atoms with van der Waals surface area (Å²) in [5, 5.41) is 0. The van der Waals surface area contributed by atoms with Crippen LogP contribution in [0.3, 0.4) is 0 Å². The molecule has 1 saturated heterocycles. The van der Waals surface area contributed by atoms with Crippen LogP contribution in [0.25, 0.3) is 0 Å². The first-order chi connectivity index (χ1) is 11.5. The first kappa shape index (κ1) is 17.1. The highest BCUT2D eigenvalue weighted by molar-refractivity contribution is 7.89. The van der Waals surface area contributed by atoms with Gasteiger partial charge in [0, 0.05) is 19.1 Å². The fraction of sp³-hybridized carbons (Fsp3) is 0.467. The second-order valence-electron chi connectivity index (χ2n) is 5.80. The Morgan fingerprint density at radius 3 is 2.71 bits per heavy atom. The summed E-state index contributed by atoms with van der Waals surface area (Å²) in [6.07, 6.45) is 3.20. The van der Waals surface area contributed by atoms with Crippen LogP contribution in [0, 0.1) is 6.92 Å². The number of sulfonamides is 1. The van der Waals surface area contributed by atoms with Crippen molar-refractivity contribution >= 4 is 27.6 Å². The molecule has 1 aromatic carbocycles. The zero-order valence-corrected chi connectivity index (χ0v) is 15.2. The quantitative estimate of drug-likeness (QED) is 0.866. The van der Waals surface area contributed by atoms with E-state index in [-0.39, 0.29) is 10.9 Å². The van der Waals surface area contributed by atoms with Crippen LogP contribution in [0.2, 0.25) is 0 Å². The van der Waals surface area contributed by atoms with E-state index in [0.29, 0.717) is 5.75 Å². The number of aryl methyl sites for hydroxylation is 1. The summed E-state index contributed by atoms with van der Waals surface area (Å²) in [4.78, 5) is 2.32. The highest BCUT2D eigenvalue weighted by Gasteiger charge is 2.27. The Labute approximate surface area is 146 Å². The van der Waals surface area contributed by atoms with Crippen LogP contribution in [-0.2, 0) is 10.0 Å². The number of rotatable bonds is 5. The van der Waals surface area contributed by atoms with Crippen molar-refractivity contribution in [2.45, 2.75) is 30.7 Å². The lowest BCUT2D eigenvalue weighted by Crippen LogP contribution is -2.44. The second kappa shape index (κ2) is 7.04. The number of hydrogen-bond acceptors (Lipinski definition) is 7. The number of methoxy groups -OCH3 is 1. The van der Waals surface area contributed by atoms with Crippen molar-refractivity contribution in [2.75, 3.05) is 25.1 Å². The summed E-state index contributed by atoms with van der Waals surface area (Å²) < 4.78 is 41.7. The summed E-state index contributed by atoms with van der Waals surface area (Å²) in [6.45, 7) is 3.37. The molecule has 130 valence electrons. The molecule has 9 heteroatoms. The maximum atomic E-state index is 12.7. The molecule has 0 aliphatic carbocycles. The summed E-state index contributed by atoms with van der Waals surface area (Å²) in [6, 6.07) is 5.06. The third kappa shape index (κ3) is 3.68. The Morgan fingerprint density at radius 1 is 1.33 bits per heavy atom. The number of piperidine rings is 1. The fourth-order valence-electron chi connectivity index (χ4n) is 2.80. The standard InChI is InChI=1S/C15H20N4O3S2/c1-11-3-4-13(22-2)14(9-11)24(20,21)18-12-5-7-19(8-6-12)15-10-16-23-17-15/h3-4,9-10,12,18H,5-8H2,1-2H3. The molecule has 0 spiro atoms. The Kier molecular flexibility index (Phi) is 5.02. The molecule has 0 saturated carbocycles. The summed E-state index contributed by atoms with van der Waals surface area (Å²) in [7, 11) is -2.14. The highest BCUT2D eigenvalue weighted by Crippen LogP contribution is 2.26. The average molecular weight is 368 g/mol. The van der Waals surface area contributed by atoms with Gasteiger partial charge in [0.05, 0.1) is 25.0 Å². The van der Waals surface area contributed by atoms with Gasteiger partial charge in [0.25, 0.3) is 0 Å². The Balaban J connectivity index is 1.69. The van der Waals surface area contributed by atoms with Gasteiger partial charge in [0.15, 0.2) is 5.82 Å². The Hall–Kier alpha value is -1.71. The maximum Gasteiger partial charge on any atom is 0.244 e. The molecule has 7 nitrogen and oxygen atoms in total. The Morgan fingerprint density at radius 2 is 2.08 bits per heavy atom. The largest absolute Gasteiger partial charge is 0.495 e. The van der Waals surface area contributed by atoms with Crippen molar-refractivity contribution < 1.29 is 13.2 Å². The average Bonchev–Trinajstić information content (AvgIpc) is 3.10. The fourth-order valence-corrected chi connectivity index (χ4v) is 4.80. The van der Waals surface area contributed by atoms with Gasteiger partial charge in [0.1, 0.15) is 10.6 Å². The molecule has 0 bridgehead atoms. The van der Waals surface area contributed by atoms with Crippen molar-refractivity contribution in [1.82, 2.24) is 13.5 Å². The number of nitrogens with zero attached hydrogens (tertiary/aromatic N) is 3. The first-order valence-electron chi connectivity index (χ1n) is 7.69. The van der Waals surface area contributed by atoms with Gasteiger partial charge in [-0.05, 0) is 37.5 Å². The molecular weight excluding hydrogens is 348 g/mol. The number of hydrogen-bond donors (Lipinski definition) is 1. The SMILES string of the molecule is COc1ccc(C)cc1S(=O)(=O)NC1CCN(c2cnsn2)CC1. The van der Waals surface area contributed by atoms with Gasteiger partial charge in [-0.25, -0.2) is 13.1 Å². The van der Waals surface area contributed by atoms with Crippen LogP contribution in [0.1, 0.15) is 18.4 Å². The van der Waals surface area contributed by atoms with E-state index in [0.717, 1.165) is 37.3 Å². The molecule has 24 heavy (non-hydrogen) atoms. The van der Waals surface area contributed by atoms with Gasteiger partial charge in [-0.2, -0.15) is 8.75 Å². The number of aromatic nitrogens is 2. The highest BCUT2D eigenvalue weighted by atomic mass is 32.2. The van der Waals surface area contributed by atoms with Crippen LogP contribution < -0.4 is 14.4 Å². The summed E-state index contributed by atoms with van der Waals surface area (Å²) >= 11 is 1.18. The monoisotopic (exact) mass is 368 g/mol. The molecule has 0 amide bonds.